The molecular formula is C22H27NO. The predicted molar refractivity (Wildman–Crippen MR) is 103 cm³/mol. The summed E-state index contributed by atoms with van der Waals surface area (Å²) in [4.78, 5) is 12.2. The van der Waals surface area contributed by atoms with E-state index in [0.717, 1.165) is 17.7 Å². The van der Waals surface area contributed by atoms with Gasteiger partial charge in [-0.15, -0.1) is 0 Å². The number of carbonyl (C=O) groups is 1. The number of carbonyl (C=O) groups excluding carboxylic acids is 1. The molecule has 2 aromatic carbocycles. The Morgan fingerprint density at radius 1 is 1.04 bits per heavy atom. The standard InChI is InChI=1S/C22H27NO/c1-5-17(4)20-8-6-7-9-21(20)23-22(24)15-12-18-10-13-19(14-11-18)16(2)3/h6-17H,5H2,1-4H3,(H,23,24). The smallest absolute Gasteiger partial charge is 0.248 e. The van der Waals surface area contributed by atoms with Gasteiger partial charge >= 0.3 is 0 Å². The van der Waals surface area contributed by atoms with E-state index >= 15 is 0 Å². The number of nitrogens with one attached hydrogen (secondary N) is 1. The van der Waals surface area contributed by atoms with E-state index < -0.39 is 0 Å². The molecule has 0 aromatic heterocycles. The van der Waals surface area contributed by atoms with Gasteiger partial charge in [0, 0.05) is 11.8 Å². The third kappa shape index (κ3) is 4.82. The first-order valence-electron chi connectivity index (χ1n) is 8.69. The lowest BCUT2D eigenvalue weighted by atomic mass is 9.97. The fraction of sp³-hybridized carbons (Fsp3) is 0.318. The Morgan fingerprint density at radius 3 is 2.33 bits per heavy atom. The van der Waals surface area contributed by atoms with Crippen LogP contribution in [0.2, 0.25) is 0 Å². The minimum atomic E-state index is -0.0984. The molecule has 2 nitrogen and oxygen atoms in total. The predicted octanol–water partition coefficient (Wildman–Crippen LogP) is 5.98. The summed E-state index contributed by atoms with van der Waals surface area (Å²) < 4.78 is 0. The van der Waals surface area contributed by atoms with Crippen LogP contribution in [0.25, 0.3) is 6.08 Å². The molecule has 2 rings (SSSR count). The van der Waals surface area contributed by atoms with Crippen molar-refractivity contribution >= 4 is 17.7 Å². The second-order valence-corrected chi connectivity index (χ2v) is 6.54. The monoisotopic (exact) mass is 321 g/mol. The van der Waals surface area contributed by atoms with E-state index in [1.54, 1.807) is 6.08 Å². The van der Waals surface area contributed by atoms with Gasteiger partial charge in [0.2, 0.25) is 5.91 Å². The fourth-order valence-corrected chi connectivity index (χ4v) is 2.60. The first-order valence-corrected chi connectivity index (χ1v) is 8.69. The maximum atomic E-state index is 12.2. The normalized spacial score (nSPS) is 12.5. The number of hydrogen-bond donors (Lipinski definition) is 1. The topological polar surface area (TPSA) is 29.1 Å². The van der Waals surface area contributed by atoms with Crippen LogP contribution < -0.4 is 5.32 Å². The van der Waals surface area contributed by atoms with Crippen molar-refractivity contribution in [1.82, 2.24) is 0 Å². The van der Waals surface area contributed by atoms with Gasteiger partial charge in [-0.05, 0) is 47.1 Å². The van der Waals surface area contributed by atoms with Gasteiger partial charge in [-0.25, -0.2) is 0 Å². The average Bonchev–Trinajstić information content (AvgIpc) is 2.60. The zero-order valence-corrected chi connectivity index (χ0v) is 15.0. The van der Waals surface area contributed by atoms with E-state index in [1.807, 2.05) is 36.4 Å². The van der Waals surface area contributed by atoms with E-state index in [2.05, 4.69) is 51.2 Å². The summed E-state index contributed by atoms with van der Waals surface area (Å²) in [5.41, 5.74) is 4.42. The maximum absolute atomic E-state index is 12.2. The van der Waals surface area contributed by atoms with Crippen molar-refractivity contribution in [1.29, 1.82) is 0 Å². The van der Waals surface area contributed by atoms with Gasteiger partial charge in [-0.1, -0.05) is 70.2 Å². The molecule has 2 aromatic rings. The Balaban J connectivity index is 2.05. The lowest BCUT2D eigenvalue weighted by Crippen LogP contribution is -2.10. The number of anilines is 1. The first-order chi connectivity index (χ1) is 11.5. The summed E-state index contributed by atoms with van der Waals surface area (Å²) in [6.07, 6.45) is 4.49. The van der Waals surface area contributed by atoms with E-state index in [0.29, 0.717) is 11.8 Å². The van der Waals surface area contributed by atoms with Crippen LogP contribution in [-0.2, 0) is 4.79 Å². The number of rotatable bonds is 6. The summed E-state index contributed by atoms with van der Waals surface area (Å²) in [5, 5.41) is 3.00. The van der Waals surface area contributed by atoms with Crippen molar-refractivity contribution in [3.8, 4) is 0 Å². The third-order valence-corrected chi connectivity index (χ3v) is 4.39. The number of para-hydroxylation sites is 1. The Bertz CT molecular complexity index is 698. The minimum absolute atomic E-state index is 0.0984. The molecule has 1 N–H and O–H groups in total. The van der Waals surface area contributed by atoms with E-state index in [1.165, 1.54) is 11.1 Å². The molecule has 0 spiro atoms. The summed E-state index contributed by atoms with van der Waals surface area (Å²) in [6.45, 7) is 8.68. The van der Waals surface area contributed by atoms with Crippen molar-refractivity contribution in [3.63, 3.8) is 0 Å². The molecule has 2 heteroatoms. The molecule has 126 valence electrons. The summed E-state index contributed by atoms with van der Waals surface area (Å²) >= 11 is 0. The van der Waals surface area contributed by atoms with Crippen molar-refractivity contribution in [2.75, 3.05) is 5.32 Å². The molecule has 0 aliphatic heterocycles. The molecule has 0 saturated carbocycles. The Morgan fingerprint density at radius 2 is 1.71 bits per heavy atom. The lowest BCUT2D eigenvalue weighted by molar-refractivity contribution is -0.111. The summed E-state index contributed by atoms with van der Waals surface area (Å²) in [7, 11) is 0. The number of amides is 1. The van der Waals surface area contributed by atoms with E-state index in [4.69, 9.17) is 0 Å². The van der Waals surface area contributed by atoms with Crippen LogP contribution in [0.4, 0.5) is 5.69 Å². The van der Waals surface area contributed by atoms with Crippen LogP contribution in [0, 0.1) is 0 Å². The second-order valence-electron chi connectivity index (χ2n) is 6.54. The van der Waals surface area contributed by atoms with Crippen molar-refractivity contribution in [3.05, 3.63) is 71.3 Å². The number of hydrogen-bond acceptors (Lipinski definition) is 1. The molecule has 0 saturated heterocycles. The second kappa shape index (κ2) is 8.49. The van der Waals surface area contributed by atoms with E-state index in [-0.39, 0.29) is 5.91 Å². The highest BCUT2D eigenvalue weighted by Crippen LogP contribution is 2.26. The third-order valence-electron chi connectivity index (χ3n) is 4.39. The van der Waals surface area contributed by atoms with Crippen LogP contribution in [0.5, 0.6) is 0 Å². The Kier molecular flexibility index (Phi) is 6.36. The van der Waals surface area contributed by atoms with Gasteiger partial charge in [0.05, 0.1) is 0 Å². The molecule has 0 radical (unpaired) electrons. The first kappa shape index (κ1) is 18.0. The van der Waals surface area contributed by atoms with Gasteiger partial charge in [0.1, 0.15) is 0 Å². The van der Waals surface area contributed by atoms with Gasteiger partial charge in [0.25, 0.3) is 0 Å². The molecule has 1 amide bonds. The molecule has 0 bridgehead atoms. The SMILES string of the molecule is CCC(C)c1ccccc1NC(=O)C=Cc1ccc(C(C)C)cc1. The highest BCUT2D eigenvalue weighted by molar-refractivity contribution is 6.02. The quantitative estimate of drug-likeness (QED) is 0.652. The highest BCUT2D eigenvalue weighted by Gasteiger charge is 2.09. The molecule has 0 heterocycles. The van der Waals surface area contributed by atoms with Crippen LogP contribution in [0.15, 0.2) is 54.6 Å². The number of benzene rings is 2. The van der Waals surface area contributed by atoms with Crippen molar-refractivity contribution in [2.24, 2.45) is 0 Å². The largest absolute Gasteiger partial charge is 0.322 e. The highest BCUT2D eigenvalue weighted by atomic mass is 16.1. The Labute approximate surface area is 145 Å². The van der Waals surface area contributed by atoms with Crippen LogP contribution >= 0.6 is 0 Å². The maximum Gasteiger partial charge on any atom is 0.248 e. The van der Waals surface area contributed by atoms with Crippen molar-refractivity contribution in [2.45, 2.75) is 46.0 Å². The van der Waals surface area contributed by atoms with Crippen LogP contribution in [0.1, 0.15) is 62.6 Å². The average molecular weight is 321 g/mol. The molecule has 0 aliphatic carbocycles. The zero-order chi connectivity index (χ0) is 17.5. The molecule has 1 atom stereocenters. The molecular weight excluding hydrogens is 294 g/mol. The van der Waals surface area contributed by atoms with Gasteiger partial charge < -0.3 is 5.32 Å². The van der Waals surface area contributed by atoms with Crippen LogP contribution in [0.3, 0.4) is 0 Å². The molecule has 1 unspecified atom stereocenters. The summed E-state index contributed by atoms with van der Waals surface area (Å²) in [6, 6.07) is 16.3. The Hall–Kier alpha value is -2.35. The zero-order valence-electron chi connectivity index (χ0n) is 15.0. The molecule has 0 fully saturated rings. The minimum Gasteiger partial charge on any atom is -0.322 e. The van der Waals surface area contributed by atoms with Gasteiger partial charge in [-0.3, -0.25) is 4.79 Å². The van der Waals surface area contributed by atoms with Gasteiger partial charge in [0.15, 0.2) is 0 Å². The molecule has 0 aliphatic rings. The fourth-order valence-electron chi connectivity index (χ4n) is 2.60. The van der Waals surface area contributed by atoms with E-state index in [9.17, 15) is 4.79 Å². The summed E-state index contributed by atoms with van der Waals surface area (Å²) in [5.74, 6) is 0.844. The molecule has 24 heavy (non-hydrogen) atoms. The van der Waals surface area contributed by atoms with Gasteiger partial charge in [-0.2, -0.15) is 0 Å². The lowest BCUT2D eigenvalue weighted by Gasteiger charge is -2.14. The van der Waals surface area contributed by atoms with Crippen LogP contribution in [-0.4, -0.2) is 5.91 Å². The van der Waals surface area contributed by atoms with Crippen molar-refractivity contribution < 1.29 is 4.79 Å².